The molecule has 0 amide bonds. The molecule has 0 spiro atoms. The normalized spacial score (nSPS) is 11.7. The minimum atomic E-state index is 0.621. The molecule has 0 N–H and O–H groups in total. The Morgan fingerprint density at radius 1 is 0.500 bits per heavy atom. The largest absolute Gasteiger partial charge is 0.435 e. The van der Waals surface area contributed by atoms with Crippen LogP contribution in [-0.2, 0) is 0 Å². The summed E-state index contributed by atoms with van der Waals surface area (Å²) >= 11 is 0. The Morgan fingerprint density at radius 2 is 0.900 bits per heavy atom. The van der Waals surface area contributed by atoms with Gasteiger partial charge in [0.2, 0.25) is 11.8 Å². The van der Waals surface area contributed by atoms with Gasteiger partial charge in [0.05, 0.1) is 0 Å². The molecule has 4 heteroatoms. The SMILES string of the molecule is Cc1ccc(-c2nc3ccc4c(ccc5nc(-c6ccc(C)cc6)oc54)c3o2)cc1. The lowest BCUT2D eigenvalue weighted by Gasteiger charge is -1.98. The van der Waals surface area contributed by atoms with Crippen molar-refractivity contribution in [2.24, 2.45) is 0 Å². The molecule has 0 radical (unpaired) electrons. The zero-order valence-corrected chi connectivity index (χ0v) is 16.6. The van der Waals surface area contributed by atoms with Crippen LogP contribution in [0.25, 0.3) is 55.9 Å². The van der Waals surface area contributed by atoms with E-state index in [0.29, 0.717) is 11.8 Å². The Morgan fingerprint density at radius 3 is 1.30 bits per heavy atom. The van der Waals surface area contributed by atoms with Crippen LogP contribution in [0.2, 0.25) is 0 Å². The van der Waals surface area contributed by atoms with Crippen molar-refractivity contribution in [3.8, 4) is 22.9 Å². The summed E-state index contributed by atoms with van der Waals surface area (Å²) in [6.07, 6.45) is 0. The average molecular weight is 390 g/mol. The van der Waals surface area contributed by atoms with Crippen LogP contribution in [0.1, 0.15) is 11.1 Å². The van der Waals surface area contributed by atoms with Crippen molar-refractivity contribution in [1.29, 1.82) is 0 Å². The van der Waals surface area contributed by atoms with E-state index in [9.17, 15) is 0 Å². The molecule has 0 atom stereocenters. The molecule has 2 aromatic heterocycles. The van der Waals surface area contributed by atoms with E-state index in [1.165, 1.54) is 11.1 Å². The van der Waals surface area contributed by atoms with Crippen molar-refractivity contribution in [1.82, 2.24) is 9.97 Å². The number of aromatic nitrogens is 2. The summed E-state index contributed by atoms with van der Waals surface area (Å²) in [5, 5.41) is 1.94. The first-order valence-electron chi connectivity index (χ1n) is 9.93. The second kappa shape index (κ2) is 6.29. The summed E-state index contributed by atoms with van der Waals surface area (Å²) in [6, 6.07) is 24.4. The molecule has 0 bridgehead atoms. The van der Waals surface area contributed by atoms with Gasteiger partial charge in [-0.1, -0.05) is 35.4 Å². The van der Waals surface area contributed by atoms with E-state index in [-0.39, 0.29) is 0 Å². The van der Waals surface area contributed by atoms with Gasteiger partial charge in [0.1, 0.15) is 11.0 Å². The van der Waals surface area contributed by atoms with E-state index in [4.69, 9.17) is 18.8 Å². The molecule has 0 aliphatic heterocycles. The number of hydrogen-bond acceptors (Lipinski definition) is 4. The van der Waals surface area contributed by atoms with Gasteiger partial charge >= 0.3 is 0 Å². The van der Waals surface area contributed by atoms with Gasteiger partial charge in [-0.2, -0.15) is 0 Å². The molecule has 4 aromatic carbocycles. The van der Waals surface area contributed by atoms with Gasteiger partial charge in [0, 0.05) is 21.9 Å². The second-order valence-electron chi connectivity index (χ2n) is 7.69. The molecule has 0 saturated carbocycles. The lowest BCUT2D eigenvalue weighted by Crippen LogP contribution is -1.77. The topological polar surface area (TPSA) is 52.1 Å². The second-order valence-corrected chi connectivity index (χ2v) is 7.69. The highest BCUT2D eigenvalue weighted by Crippen LogP contribution is 2.35. The fourth-order valence-corrected chi connectivity index (χ4v) is 3.82. The van der Waals surface area contributed by atoms with Crippen molar-refractivity contribution in [3.63, 3.8) is 0 Å². The van der Waals surface area contributed by atoms with Crippen LogP contribution in [0.15, 0.2) is 81.6 Å². The predicted molar refractivity (Wildman–Crippen MR) is 119 cm³/mol. The van der Waals surface area contributed by atoms with Crippen LogP contribution in [0.3, 0.4) is 0 Å². The van der Waals surface area contributed by atoms with E-state index in [2.05, 4.69) is 38.1 Å². The number of oxazole rings is 2. The Kier molecular flexibility index (Phi) is 3.56. The van der Waals surface area contributed by atoms with Crippen LogP contribution in [0, 0.1) is 13.8 Å². The molecule has 4 nitrogen and oxygen atoms in total. The minimum absolute atomic E-state index is 0.621. The number of hydrogen-bond donors (Lipinski definition) is 0. The maximum atomic E-state index is 6.19. The third-order valence-corrected chi connectivity index (χ3v) is 5.50. The Balaban J connectivity index is 1.54. The molecule has 0 aliphatic carbocycles. The van der Waals surface area contributed by atoms with Crippen LogP contribution in [-0.4, -0.2) is 9.97 Å². The van der Waals surface area contributed by atoms with Crippen molar-refractivity contribution < 1.29 is 8.83 Å². The maximum absolute atomic E-state index is 6.19. The van der Waals surface area contributed by atoms with Gasteiger partial charge in [0.15, 0.2) is 11.2 Å². The summed E-state index contributed by atoms with van der Waals surface area (Å²) in [7, 11) is 0. The molecule has 144 valence electrons. The summed E-state index contributed by atoms with van der Waals surface area (Å²) in [5.41, 5.74) is 7.53. The van der Waals surface area contributed by atoms with Crippen molar-refractivity contribution in [2.75, 3.05) is 0 Å². The summed E-state index contributed by atoms with van der Waals surface area (Å²) in [6.45, 7) is 4.13. The van der Waals surface area contributed by atoms with Gasteiger partial charge in [0.25, 0.3) is 0 Å². The van der Waals surface area contributed by atoms with Crippen LogP contribution in [0.5, 0.6) is 0 Å². The minimum Gasteiger partial charge on any atom is -0.435 e. The highest BCUT2D eigenvalue weighted by Gasteiger charge is 2.16. The van der Waals surface area contributed by atoms with Gasteiger partial charge in [-0.3, -0.25) is 0 Å². The number of nitrogens with zero attached hydrogens (tertiary/aromatic N) is 2. The molecular weight excluding hydrogens is 372 g/mol. The molecule has 6 rings (SSSR count). The van der Waals surface area contributed by atoms with E-state index in [0.717, 1.165) is 44.1 Å². The number of rotatable bonds is 2. The zero-order chi connectivity index (χ0) is 20.2. The first-order valence-corrected chi connectivity index (χ1v) is 9.93. The highest BCUT2D eigenvalue weighted by molar-refractivity contribution is 6.12. The van der Waals surface area contributed by atoms with Gasteiger partial charge in [-0.25, -0.2) is 9.97 Å². The van der Waals surface area contributed by atoms with Gasteiger partial charge in [-0.05, 0) is 62.4 Å². The zero-order valence-electron chi connectivity index (χ0n) is 16.6. The maximum Gasteiger partial charge on any atom is 0.227 e. The van der Waals surface area contributed by atoms with E-state index >= 15 is 0 Å². The van der Waals surface area contributed by atoms with Gasteiger partial charge < -0.3 is 8.83 Å². The van der Waals surface area contributed by atoms with Crippen molar-refractivity contribution >= 4 is 33.0 Å². The van der Waals surface area contributed by atoms with Gasteiger partial charge in [-0.15, -0.1) is 0 Å². The first-order chi connectivity index (χ1) is 14.7. The molecule has 2 heterocycles. The molecule has 6 aromatic rings. The quantitative estimate of drug-likeness (QED) is 0.317. The number of fused-ring (bicyclic) bond motifs is 5. The molecule has 30 heavy (non-hydrogen) atoms. The van der Waals surface area contributed by atoms with Crippen LogP contribution < -0.4 is 0 Å². The lowest BCUT2D eigenvalue weighted by atomic mass is 10.1. The molecule has 0 saturated heterocycles. The molecule has 0 aliphatic rings. The fraction of sp³-hybridized carbons (Fsp3) is 0.0769. The van der Waals surface area contributed by atoms with E-state index < -0.39 is 0 Å². The predicted octanol–water partition coefficient (Wildman–Crippen LogP) is 7.07. The average Bonchev–Trinajstić information content (AvgIpc) is 3.39. The monoisotopic (exact) mass is 390 g/mol. The van der Waals surface area contributed by atoms with Crippen LogP contribution in [0.4, 0.5) is 0 Å². The number of aryl methyl sites for hydroxylation is 2. The molecular formula is C26H18N2O2. The standard InChI is InChI=1S/C26H18N2O2/c1-15-3-7-17(8-4-15)25-27-21-13-11-20-19(23(21)29-25)12-14-22-24(20)30-26(28-22)18-9-5-16(2)6-10-18/h3-14H,1-2H3. The summed E-state index contributed by atoms with van der Waals surface area (Å²) in [5.74, 6) is 1.24. The highest BCUT2D eigenvalue weighted by atomic mass is 16.4. The Hall–Kier alpha value is -3.92. The molecule has 0 unspecified atom stereocenters. The first kappa shape index (κ1) is 17.0. The van der Waals surface area contributed by atoms with Crippen molar-refractivity contribution in [3.05, 3.63) is 83.9 Å². The third kappa shape index (κ3) is 2.61. The van der Waals surface area contributed by atoms with Crippen molar-refractivity contribution in [2.45, 2.75) is 13.8 Å². The third-order valence-electron chi connectivity index (χ3n) is 5.50. The Bertz CT molecular complexity index is 1420. The Labute approximate surface area is 172 Å². The van der Waals surface area contributed by atoms with E-state index in [1.54, 1.807) is 0 Å². The molecule has 0 fully saturated rings. The smallest absolute Gasteiger partial charge is 0.227 e. The number of benzene rings is 4. The summed E-state index contributed by atoms with van der Waals surface area (Å²) < 4.78 is 12.4. The summed E-state index contributed by atoms with van der Waals surface area (Å²) in [4.78, 5) is 9.38. The fourth-order valence-electron chi connectivity index (χ4n) is 3.82. The van der Waals surface area contributed by atoms with E-state index in [1.807, 2.05) is 48.5 Å². The lowest BCUT2D eigenvalue weighted by molar-refractivity contribution is 0.620. The van der Waals surface area contributed by atoms with Crippen LogP contribution >= 0.6 is 0 Å².